The number of hydrogen-bond donors (Lipinski definition) is 0. The van der Waals surface area contributed by atoms with Crippen LogP contribution in [0.25, 0.3) is 11.4 Å². The average molecular weight is 302 g/mol. The normalized spacial score (nSPS) is 11.2. The van der Waals surface area contributed by atoms with E-state index in [0.717, 1.165) is 5.56 Å². The van der Waals surface area contributed by atoms with Crippen LogP contribution in [0.4, 0.5) is 8.78 Å². The molecule has 0 aliphatic heterocycles. The molecule has 2 heterocycles. The van der Waals surface area contributed by atoms with Crippen LogP contribution in [-0.2, 0) is 7.05 Å². The SMILES string of the molecule is Cc1cc(Cl)c(C)nc1-c1nn(C)c(OC(F)F)c1C. The van der Waals surface area contributed by atoms with Gasteiger partial charge < -0.3 is 4.74 Å². The summed E-state index contributed by atoms with van der Waals surface area (Å²) < 4.78 is 30.5. The molecule has 0 aromatic carbocycles. The van der Waals surface area contributed by atoms with Gasteiger partial charge >= 0.3 is 6.61 Å². The Morgan fingerprint density at radius 2 is 1.90 bits per heavy atom. The lowest BCUT2D eigenvalue weighted by molar-refractivity contribution is -0.0557. The summed E-state index contributed by atoms with van der Waals surface area (Å²) in [4.78, 5) is 4.39. The third-order valence-corrected chi connectivity index (χ3v) is 3.37. The van der Waals surface area contributed by atoms with Crippen molar-refractivity contribution in [2.24, 2.45) is 7.05 Å². The Labute approximate surface area is 120 Å². The molecule has 0 fully saturated rings. The van der Waals surface area contributed by atoms with Crippen LogP contribution >= 0.6 is 11.6 Å². The van der Waals surface area contributed by atoms with Gasteiger partial charge in [0.05, 0.1) is 16.4 Å². The largest absolute Gasteiger partial charge is 0.417 e. The van der Waals surface area contributed by atoms with E-state index >= 15 is 0 Å². The Bertz CT molecular complexity index is 656. The number of nitrogens with zero attached hydrogens (tertiary/aromatic N) is 3. The highest BCUT2D eigenvalue weighted by Crippen LogP contribution is 2.32. The Morgan fingerprint density at radius 3 is 2.50 bits per heavy atom. The number of aryl methyl sites for hydroxylation is 3. The van der Waals surface area contributed by atoms with Gasteiger partial charge in [-0.25, -0.2) is 9.67 Å². The van der Waals surface area contributed by atoms with Crippen molar-refractivity contribution in [2.75, 3.05) is 0 Å². The van der Waals surface area contributed by atoms with Crippen molar-refractivity contribution in [1.29, 1.82) is 0 Å². The Balaban J connectivity index is 2.57. The molecule has 0 atom stereocenters. The van der Waals surface area contributed by atoms with E-state index in [0.29, 0.717) is 27.7 Å². The number of rotatable bonds is 3. The second kappa shape index (κ2) is 5.36. The van der Waals surface area contributed by atoms with Crippen LogP contribution in [0.3, 0.4) is 0 Å². The molecule has 0 aliphatic rings. The van der Waals surface area contributed by atoms with Crippen molar-refractivity contribution < 1.29 is 13.5 Å². The number of hydrogen-bond acceptors (Lipinski definition) is 3. The van der Waals surface area contributed by atoms with Crippen LogP contribution in [0.2, 0.25) is 5.02 Å². The van der Waals surface area contributed by atoms with Crippen molar-refractivity contribution >= 4 is 11.6 Å². The van der Waals surface area contributed by atoms with E-state index < -0.39 is 6.61 Å². The molecule has 0 radical (unpaired) electrons. The number of alkyl halides is 2. The van der Waals surface area contributed by atoms with Gasteiger partial charge in [0, 0.05) is 12.6 Å². The van der Waals surface area contributed by atoms with Gasteiger partial charge in [0.2, 0.25) is 5.88 Å². The first-order valence-corrected chi connectivity index (χ1v) is 6.31. The van der Waals surface area contributed by atoms with Gasteiger partial charge in [-0.15, -0.1) is 0 Å². The number of ether oxygens (including phenoxy) is 1. The third-order valence-electron chi connectivity index (χ3n) is 2.99. The van der Waals surface area contributed by atoms with E-state index in [-0.39, 0.29) is 5.88 Å². The van der Waals surface area contributed by atoms with Crippen LogP contribution in [-0.4, -0.2) is 21.4 Å². The zero-order valence-corrected chi connectivity index (χ0v) is 12.3. The Hall–Kier alpha value is -1.69. The summed E-state index contributed by atoms with van der Waals surface area (Å²) in [5.74, 6) is 0.0313. The fourth-order valence-corrected chi connectivity index (χ4v) is 2.21. The van der Waals surface area contributed by atoms with Crippen LogP contribution in [0.15, 0.2) is 6.07 Å². The number of aromatic nitrogens is 3. The van der Waals surface area contributed by atoms with Gasteiger partial charge in [-0.3, -0.25) is 0 Å². The maximum Gasteiger partial charge on any atom is 0.388 e. The van der Waals surface area contributed by atoms with E-state index in [1.807, 2.05) is 6.92 Å². The predicted molar refractivity (Wildman–Crippen MR) is 72.3 cm³/mol. The summed E-state index contributed by atoms with van der Waals surface area (Å²) in [6, 6.07) is 1.78. The molecule has 2 aromatic heterocycles. The quantitative estimate of drug-likeness (QED) is 0.868. The minimum Gasteiger partial charge on any atom is -0.417 e. The summed E-state index contributed by atoms with van der Waals surface area (Å²) in [7, 11) is 1.55. The smallest absolute Gasteiger partial charge is 0.388 e. The van der Waals surface area contributed by atoms with Crippen molar-refractivity contribution in [3.8, 4) is 17.3 Å². The summed E-state index contributed by atoms with van der Waals surface area (Å²) in [5, 5.41) is 4.78. The number of halogens is 3. The Kier molecular flexibility index (Phi) is 3.94. The summed E-state index contributed by atoms with van der Waals surface area (Å²) in [5.41, 5.74) is 3.13. The van der Waals surface area contributed by atoms with E-state index in [2.05, 4.69) is 14.8 Å². The lowest BCUT2D eigenvalue weighted by atomic mass is 10.1. The maximum atomic E-state index is 12.4. The van der Waals surface area contributed by atoms with Gasteiger partial charge in [-0.1, -0.05) is 11.6 Å². The van der Waals surface area contributed by atoms with Gasteiger partial charge in [0.1, 0.15) is 5.69 Å². The lowest BCUT2D eigenvalue weighted by Crippen LogP contribution is -2.06. The van der Waals surface area contributed by atoms with Crippen LogP contribution < -0.4 is 4.74 Å². The summed E-state index contributed by atoms with van der Waals surface area (Å²) >= 11 is 6.01. The minimum atomic E-state index is -2.89. The molecule has 4 nitrogen and oxygen atoms in total. The molecule has 0 N–H and O–H groups in total. The fourth-order valence-electron chi connectivity index (χ4n) is 2.00. The average Bonchev–Trinajstić information content (AvgIpc) is 2.61. The molecule has 0 saturated heterocycles. The molecule has 108 valence electrons. The Morgan fingerprint density at radius 1 is 1.25 bits per heavy atom. The molecule has 0 bridgehead atoms. The van der Waals surface area contributed by atoms with E-state index in [4.69, 9.17) is 11.6 Å². The van der Waals surface area contributed by atoms with Gasteiger partial charge in [-0.2, -0.15) is 13.9 Å². The van der Waals surface area contributed by atoms with Crippen molar-refractivity contribution in [1.82, 2.24) is 14.8 Å². The van der Waals surface area contributed by atoms with Crippen LogP contribution in [0, 0.1) is 20.8 Å². The van der Waals surface area contributed by atoms with E-state index in [1.165, 1.54) is 4.68 Å². The first-order valence-electron chi connectivity index (χ1n) is 5.93. The molecule has 2 aromatic rings. The molecule has 20 heavy (non-hydrogen) atoms. The molecular formula is C13H14ClF2N3O. The minimum absolute atomic E-state index is 0.0313. The highest BCUT2D eigenvalue weighted by atomic mass is 35.5. The zero-order valence-electron chi connectivity index (χ0n) is 11.5. The highest BCUT2D eigenvalue weighted by Gasteiger charge is 2.20. The molecule has 0 saturated carbocycles. The second-order valence-electron chi connectivity index (χ2n) is 4.50. The standard InChI is InChI=1S/C13H14ClF2N3O/c1-6-5-9(14)8(3)17-10(6)11-7(2)12(19(4)18-11)20-13(15)16/h5,13H,1-4H3. The number of pyridine rings is 1. The molecule has 7 heteroatoms. The second-order valence-corrected chi connectivity index (χ2v) is 4.91. The molecule has 0 unspecified atom stereocenters. The van der Waals surface area contributed by atoms with Crippen LogP contribution in [0.5, 0.6) is 5.88 Å². The van der Waals surface area contributed by atoms with Gasteiger partial charge in [-0.05, 0) is 32.4 Å². The molecular weight excluding hydrogens is 288 g/mol. The van der Waals surface area contributed by atoms with E-state index in [1.54, 1.807) is 27.0 Å². The molecule has 2 rings (SSSR count). The molecule has 0 spiro atoms. The maximum absolute atomic E-state index is 12.4. The van der Waals surface area contributed by atoms with Crippen molar-refractivity contribution in [3.05, 3.63) is 27.9 Å². The van der Waals surface area contributed by atoms with E-state index in [9.17, 15) is 8.78 Å². The fraction of sp³-hybridized carbons (Fsp3) is 0.385. The topological polar surface area (TPSA) is 39.9 Å². The van der Waals surface area contributed by atoms with Crippen LogP contribution in [0.1, 0.15) is 16.8 Å². The monoisotopic (exact) mass is 301 g/mol. The molecule has 0 amide bonds. The highest BCUT2D eigenvalue weighted by molar-refractivity contribution is 6.31. The van der Waals surface area contributed by atoms with Gasteiger partial charge in [0.25, 0.3) is 0 Å². The lowest BCUT2D eigenvalue weighted by Gasteiger charge is -2.07. The molecule has 0 aliphatic carbocycles. The third kappa shape index (κ3) is 2.60. The summed E-state index contributed by atoms with van der Waals surface area (Å²) in [6.45, 7) is 2.40. The first-order chi connectivity index (χ1) is 9.31. The first kappa shape index (κ1) is 14.7. The van der Waals surface area contributed by atoms with Gasteiger partial charge in [0.15, 0.2) is 0 Å². The van der Waals surface area contributed by atoms with Crippen molar-refractivity contribution in [2.45, 2.75) is 27.4 Å². The predicted octanol–water partition coefficient (Wildman–Crippen LogP) is 3.66. The summed E-state index contributed by atoms with van der Waals surface area (Å²) in [6.07, 6.45) is 0. The van der Waals surface area contributed by atoms with Crippen molar-refractivity contribution in [3.63, 3.8) is 0 Å². The zero-order chi connectivity index (χ0) is 15.0.